The zero-order valence-electron chi connectivity index (χ0n) is 10.0. The Morgan fingerprint density at radius 3 is 2.55 bits per heavy atom. The maximum Gasteiger partial charge on any atom is 0.416 e. The summed E-state index contributed by atoms with van der Waals surface area (Å²) in [6, 6.07) is 8.38. The molecule has 1 aromatic carbocycles. The first-order valence-electron chi connectivity index (χ1n) is 5.55. The lowest BCUT2D eigenvalue weighted by molar-refractivity contribution is -0.607. The molecule has 0 atom stereocenters. The van der Waals surface area contributed by atoms with Gasteiger partial charge in [-0.2, -0.15) is 17.9 Å². The Bertz CT molecular complexity index is 642. The zero-order valence-corrected chi connectivity index (χ0v) is 10.0. The molecule has 0 saturated carbocycles. The molecule has 0 bridgehead atoms. The first-order chi connectivity index (χ1) is 9.38. The summed E-state index contributed by atoms with van der Waals surface area (Å²) in [4.78, 5) is 11.8. The van der Waals surface area contributed by atoms with Gasteiger partial charge in [0, 0.05) is 17.8 Å². The first kappa shape index (κ1) is 13.9. The van der Waals surface area contributed by atoms with Crippen molar-refractivity contribution in [2.45, 2.75) is 6.18 Å². The highest BCUT2D eigenvalue weighted by Crippen LogP contribution is 2.30. The maximum absolute atomic E-state index is 12.5. The van der Waals surface area contributed by atoms with Crippen molar-refractivity contribution >= 4 is 11.6 Å². The van der Waals surface area contributed by atoms with Crippen LogP contribution in [0.15, 0.2) is 48.7 Å². The number of nitrogens with one attached hydrogen (secondary N) is 1. The molecule has 2 rings (SSSR count). The molecule has 1 aromatic heterocycles. The van der Waals surface area contributed by atoms with Gasteiger partial charge in [-0.25, -0.2) is 0 Å². The maximum atomic E-state index is 12.5. The third-order valence-corrected chi connectivity index (χ3v) is 2.50. The molecule has 0 saturated heterocycles. The number of pyridine rings is 1. The van der Waals surface area contributed by atoms with E-state index in [1.54, 1.807) is 0 Å². The van der Waals surface area contributed by atoms with Gasteiger partial charge in [-0.1, -0.05) is 6.07 Å². The van der Waals surface area contributed by atoms with Crippen LogP contribution in [0.3, 0.4) is 0 Å². The van der Waals surface area contributed by atoms with Crippen molar-refractivity contribution in [1.82, 2.24) is 0 Å². The monoisotopic (exact) mass is 282 g/mol. The highest BCUT2D eigenvalue weighted by molar-refractivity contribution is 6.01. The molecule has 20 heavy (non-hydrogen) atoms. The average molecular weight is 282 g/mol. The lowest BCUT2D eigenvalue weighted by atomic mass is 10.2. The summed E-state index contributed by atoms with van der Waals surface area (Å²) >= 11 is 0. The van der Waals surface area contributed by atoms with Crippen LogP contribution >= 0.6 is 0 Å². The van der Waals surface area contributed by atoms with Crippen LogP contribution in [-0.4, -0.2) is 5.91 Å². The summed E-state index contributed by atoms with van der Waals surface area (Å²) in [6.45, 7) is 0. The van der Waals surface area contributed by atoms with E-state index in [1.807, 2.05) is 0 Å². The smallest absolute Gasteiger partial charge is 0.416 e. The van der Waals surface area contributed by atoms with Crippen molar-refractivity contribution in [2.24, 2.45) is 0 Å². The standard InChI is InChI=1S/C13H9F3N2O2/c14-13(15,16)9-4-3-5-10(8-9)17-12(19)11-6-1-2-7-18(11)20/h1-8H,(H,17,19). The minimum Gasteiger partial charge on any atom is -0.618 e. The van der Waals surface area contributed by atoms with Crippen molar-refractivity contribution < 1.29 is 22.7 Å². The number of alkyl halides is 3. The number of anilines is 1. The van der Waals surface area contributed by atoms with Crippen LogP contribution in [0.2, 0.25) is 0 Å². The van der Waals surface area contributed by atoms with Gasteiger partial charge in [0.1, 0.15) is 0 Å². The summed E-state index contributed by atoms with van der Waals surface area (Å²) in [7, 11) is 0. The molecule has 1 heterocycles. The molecule has 0 unspecified atom stereocenters. The van der Waals surface area contributed by atoms with Gasteiger partial charge in [0.15, 0.2) is 6.20 Å². The largest absolute Gasteiger partial charge is 0.618 e. The lowest BCUT2D eigenvalue weighted by Crippen LogP contribution is -2.36. The molecule has 7 heteroatoms. The third kappa shape index (κ3) is 3.05. The first-order valence-corrected chi connectivity index (χ1v) is 5.55. The van der Waals surface area contributed by atoms with Crippen molar-refractivity contribution in [3.63, 3.8) is 0 Å². The Morgan fingerprint density at radius 2 is 1.90 bits per heavy atom. The molecule has 0 fully saturated rings. The van der Waals surface area contributed by atoms with Crippen LogP contribution in [0, 0.1) is 5.21 Å². The molecular weight excluding hydrogens is 273 g/mol. The topological polar surface area (TPSA) is 56.0 Å². The summed E-state index contributed by atoms with van der Waals surface area (Å²) in [6.07, 6.45) is -3.37. The predicted octanol–water partition coefficient (Wildman–Crippen LogP) is 2.59. The average Bonchev–Trinajstić information content (AvgIpc) is 2.38. The summed E-state index contributed by atoms with van der Waals surface area (Å²) in [5.41, 5.74) is -1.11. The highest BCUT2D eigenvalue weighted by Gasteiger charge is 2.30. The van der Waals surface area contributed by atoms with Crippen LogP contribution in [-0.2, 0) is 6.18 Å². The lowest BCUT2D eigenvalue weighted by Gasteiger charge is -2.09. The second-order valence-electron chi connectivity index (χ2n) is 3.94. The third-order valence-electron chi connectivity index (χ3n) is 2.50. The zero-order chi connectivity index (χ0) is 14.8. The minimum atomic E-state index is -4.49. The Hall–Kier alpha value is -2.57. The van der Waals surface area contributed by atoms with E-state index in [2.05, 4.69) is 5.32 Å². The van der Waals surface area contributed by atoms with Gasteiger partial charge in [0.05, 0.1) is 5.56 Å². The fraction of sp³-hybridized carbons (Fsp3) is 0.0769. The predicted molar refractivity (Wildman–Crippen MR) is 64.8 cm³/mol. The number of carbonyl (C=O) groups excluding carboxylic acids is 1. The molecule has 2 aromatic rings. The number of hydrogen-bond donors (Lipinski definition) is 1. The van der Waals surface area contributed by atoms with E-state index in [4.69, 9.17) is 0 Å². The SMILES string of the molecule is O=C(Nc1cccc(C(F)(F)F)c1)c1cccc[n+]1[O-]. The van der Waals surface area contributed by atoms with Gasteiger partial charge in [0.25, 0.3) is 5.69 Å². The van der Waals surface area contributed by atoms with E-state index in [0.29, 0.717) is 4.73 Å². The number of carbonyl (C=O) groups is 1. The molecule has 0 spiro atoms. The fourth-order valence-electron chi connectivity index (χ4n) is 1.57. The van der Waals surface area contributed by atoms with Crippen molar-refractivity contribution in [3.8, 4) is 0 Å². The number of rotatable bonds is 2. The van der Waals surface area contributed by atoms with E-state index in [9.17, 15) is 23.2 Å². The van der Waals surface area contributed by atoms with Crippen LogP contribution in [0.5, 0.6) is 0 Å². The Balaban J connectivity index is 2.23. The van der Waals surface area contributed by atoms with E-state index >= 15 is 0 Å². The van der Waals surface area contributed by atoms with Crippen LogP contribution < -0.4 is 10.0 Å². The normalized spacial score (nSPS) is 11.2. The molecular formula is C13H9F3N2O2. The molecule has 104 valence electrons. The van der Waals surface area contributed by atoms with E-state index in [1.165, 1.54) is 30.3 Å². The number of nitrogens with zero attached hydrogens (tertiary/aromatic N) is 1. The molecule has 0 aliphatic carbocycles. The van der Waals surface area contributed by atoms with Crippen LogP contribution in [0.25, 0.3) is 0 Å². The van der Waals surface area contributed by atoms with E-state index < -0.39 is 17.6 Å². The number of benzene rings is 1. The summed E-state index contributed by atoms with van der Waals surface area (Å²) < 4.78 is 37.9. The Morgan fingerprint density at radius 1 is 1.15 bits per heavy atom. The van der Waals surface area contributed by atoms with E-state index in [-0.39, 0.29) is 11.4 Å². The molecule has 4 nitrogen and oxygen atoms in total. The van der Waals surface area contributed by atoms with Gasteiger partial charge >= 0.3 is 12.1 Å². The molecule has 0 aliphatic rings. The quantitative estimate of drug-likeness (QED) is 0.680. The molecule has 0 radical (unpaired) electrons. The number of hydrogen-bond acceptors (Lipinski definition) is 2. The van der Waals surface area contributed by atoms with Crippen LogP contribution in [0.4, 0.5) is 18.9 Å². The second-order valence-corrected chi connectivity index (χ2v) is 3.94. The second kappa shape index (κ2) is 5.20. The summed E-state index contributed by atoms with van der Waals surface area (Å²) in [5.74, 6) is -0.778. The number of halogens is 3. The highest BCUT2D eigenvalue weighted by atomic mass is 19.4. The Labute approximate surface area is 112 Å². The van der Waals surface area contributed by atoms with Gasteiger partial charge in [-0.05, 0) is 24.3 Å². The molecule has 1 amide bonds. The van der Waals surface area contributed by atoms with Crippen molar-refractivity contribution in [1.29, 1.82) is 0 Å². The van der Waals surface area contributed by atoms with E-state index in [0.717, 1.165) is 18.3 Å². The van der Waals surface area contributed by atoms with Gasteiger partial charge in [-0.15, -0.1) is 0 Å². The summed E-state index contributed by atoms with van der Waals surface area (Å²) in [5, 5.41) is 13.6. The molecule has 1 N–H and O–H groups in total. The van der Waals surface area contributed by atoms with Gasteiger partial charge in [0.2, 0.25) is 0 Å². The van der Waals surface area contributed by atoms with Crippen LogP contribution in [0.1, 0.15) is 16.1 Å². The Kier molecular flexibility index (Phi) is 3.60. The van der Waals surface area contributed by atoms with Crippen molar-refractivity contribution in [2.75, 3.05) is 5.32 Å². The fourth-order valence-corrected chi connectivity index (χ4v) is 1.57. The van der Waals surface area contributed by atoms with Crippen molar-refractivity contribution in [3.05, 3.63) is 65.1 Å². The van der Waals surface area contributed by atoms with Gasteiger partial charge < -0.3 is 10.5 Å². The van der Waals surface area contributed by atoms with Gasteiger partial charge in [-0.3, -0.25) is 4.79 Å². The number of aromatic nitrogens is 1. The minimum absolute atomic E-state index is 0.0336. The number of amides is 1. The molecule has 0 aliphatic heterocycles.